The van der Waals surface area contributed by atoms with E-state index in [0.29, 0.717) is 0 Å². The first-order valence-corrected chi connectivity index (χ1v) is 8.30. The van der Waals surface area contributed by atoms with Crippen LogP contribution >= 0.6 is 0 Å². The predicted molar refractivity (Wildman–Crippen MR) is 97.8 cm³/mol. The van der Waals surface area contributed by atoms with Crippen molar-refractivity contribution in [3.63, 3.8) is 0 Å². The number of Topliss-reactive ketones (excluding diaryl/α,β-unsaturated/α-hetero) is 1. The number of anilines is 2. The standard InChI is InChI=1S/C19H18F3N3O3/c1-3-28-18(27)15(11-23-2)16(26)14-8-5-9-24-17(14)25-13-7-4-6-12(10-13)19(20,21)22/h4-10,15H,2-3,11H2,1H3,(H,24,25). The highest BCUT2D eigenvalue weighted by molar-refractivity contribution is 6.11. The molecule has 0 aliphatic carbocycles. The summed E-state index contributed by atoms with van der Waals surface area (Å²) in [5.74, 6) is -2.57. The van der Waals surface area contributed by atoms with Crippen molar-refractivity contribution in [2.75, 3.05) is 18.5 Å². The van der Waals surface area contributed by atoms with E-state index in [9.17, 15) is 22.8 Å². The highest BCUT2D eigenvalue weighted by Gasteiger charge is 2.32. The summed E-state index contributed by atoms with van der Waals surface area (Å²) in [4.78, 5) is 32.5. The number of hydrogen-bond acceptors (Lipinski definition) is 6. The zero-order valence-electron chi connectivity index (χ0n) is 15.0. The van der Waals surface area contributed by atoms with E-state index >= 15 is 0 Å². The molecule has 1 unspecified atom stereocenters. The third-order valence-electron chi connectivity index (χ3n) is 3.73. The molecule has 2 rings (SSSR count). The van der Waals surface area contributed by atoms with Gasteiger partial charge in [-0.25, -0.2) is 4.98 Å². The Bertz CT molecular complexity index is 869. The summed E-state index contributed by atoms with van der Waals surface area (Å²) in [6.45, 7) is 4.80. The topological polar surface area (TPSA) is 80.7 Å². The van der Waals surface area contributed by atoms with Gasteiger partial charge in [-0.15, -0.1) is 0 Å². The number of nitrogens with one attached hydrogen (secondary N) is 1. The van der Waals surface area contributed by atoms with Crippen LogP contribution in [0.4, 0.5) is 24.7 Å². The van der Waals surface area contributed by atoms with Crippen LogP contribution in [0.3, 0.4) is 0 Å². The largest absolute Gasteiger partial charge is 0.465 e. The maximum atomic E-state index is 12.9. The maximum Gasteiger partial charge on any atom is 0.416 e. The summed E-state index contributed by atoms with van der Waals surface area (Å²) < 4.78 is 43.6. The number of aliphatic imine (C=N–C) groups is 1. The number of halogens is 3. The van der Waals surface area contributed by atoms with Gasteiger partial charge in [-0.2, -0.15) is 13.2 Å². The second-order valence-electron chi connectivity index (χ2n) is 5.68. The Morgan fingerprint density at radius 1 is 1.29 bits per heavy atom. The Labute approximate surface area is 159 Å². The molecule has 1 N–H and O–H groups in total. The highest BCUT2D eigenvalue weighted by Crippen LogP contribution is 2.31. The van der Waals surface area contributed by atoms with E-state index in [1.807, 2.05) is 0 Å². The van der Waals surface area contributed by atoms with Crippen LogP contribution in [0.2, 0.25) is 0 Å². The third kappa shape index (κ3) is 5.15. The minimum absolute atomic E-state index is 0.0187. The van der Waals surface area contributed by atoms with Crippen LogP contribution in [0.5, 0.6) is 0 Å². The van der Waals surface area contributed by atoms with Gasteiger partial charge in [0.2, 0.25) is 0 Å². The number of ketones is 1. The van der Waals surface area contributed by atoms with E-state index in [1.165, 1.54) is 30.5 Å². The van der Waals surface area contributed by atoms with Gasteiger partial charge in [0, 0.05) is 11.9 Å². The van der Waals surface area contributed by atoms with Crippen molar-refractivity contribution in [3.8, 4) is 0 Å². The number of nitrogens with zero attached hydrogens (tertiary/aromatic N) is 2. The summed E-state index contributed by atoms with van der Waals surface area (Å²) in [6, 6.07) is 7.37. The van der Waals surface area contributed by atoms with Gasteiger partial charge in [-0.1, -0.05) is 6.07 Å². The van der Waals surface area contributed by atoms with E-state index in [-0.39, 0.29) is 30.2 Å². The normalized spacial score (nSPS) is 12.1. The lowest BCUT2D eigenvalue weighted by molar-refractivity contribution is -0.145. The molecular weight excluding hydrogens is 375 g/mol. The molecule has 0 spiro atoms. The number of esters is 1. The summed E-state index contributed by atoms with van der Waals surface area (Å²) in [7, 11) is 0. The van der Waals surface area contributed by atoms with Crippen LogP contribution in [0.15, 0.2) is 47.6 Å². The van der Waals surface area contributed by atoms with E-state index in [4.69, 9.17) is 4.74 Å². The van der Waals surface area contributed by atoms with Crippen LogP contribution < -0.4 is 5.32 Å². The average Bonchev–Trinajstić information content (AvgIpc) is 2.66. The molecule has 1 atom stereocenters. The Morgan fingerprint density at radius 2 is 2.04 bits per heavy atom. The number of ether oxygens (including phenoxy) is 1. The van der Waals surface area contributed by atoms with Gasteiger partial charge < -0.3 is 10.1 Å². The first-order chi connectivity index (χ1) is 13.3. The van der Waals surface area contributed by atoms with E-state index < -0.39 is 29.4 Å². The molecule has 0 amide bonds. The summed E-state index contributed by atoms with van der Waals surface area (Å²) in [5, 5.41) is 2.70. The minimum atomic E-state index is -4.51. The van der Waals surface area contributed by atoms with Crippen molar-refractivity contribution in [1.29, 1.82) is 0 Å². The monoisotopic (exact) mass is 393 g/mol. The average molecular weight is 393 g/mol. The lowest BCUT2D eigenvalue weighted by Crippen LogP contribution is -2.29. The second kappa shape index (κ2) is 9.12. The fourth-order valence-electron chi connectivity index (χ4n) is 2.44. The van der Waals surface area contributed by atoms with E-state index in [2.05, 4.69) is 22.0 Å². The van der Waals surface area contributed by atoms with Crippen LogP contribution in [0, 0.1) is 5.92 Å². The number of aromatic nitrogens is 1. The molecule has 0 saturated heterocycles. The first kappa shape index (κ1) is 21.1. The number of benzene rings is 1. The molecule has 9 heteroatoms. The third-order valence-corrected chi connectivity index (χ3v) is 3.73. The molecular formula is C19H18F3N3O3. The summed E-state index contributed by atoms with van der Waals surface area (Å²) in [6.07, 6.45) is -3.14. The molecule has 0 aliphatic rings. The molecule has 148 valence electrons. The molecule has 2 aromatic rings. The van der Waals surface area contributed by atoms with Crippen molar-refractivity contribution < 1.29 is 27.5 Å². The first-order valence-electron chi connectivity index (χ1n) is 8.30. The van der Waals surface area contributed by atoms with E-state index in [0.717, 1.165) is 12.1 Å². The van der Waals surface area contributed by atoms with Gasteiger partial charge in [0.05, 0.1) is 24.3 Å². The zero-order valence-corrected chi connectivity index (χ0v) is 15.0. The van der Waals surface area contributed by atoms with Crippen molar-refractivity contribution in [3.05, 3.63) is 53.7 Å². The quantitative estimate of drug-likeness (QED) is 0.318. The zero-order chi connectivity index (χ0) is 20.7. The van der Waals surface area contributed by atoms with Gasteiger partial charge in [0.15, 0.2) is 5.78 Å². The Morgan fingerprint density at radius 3 is 2.68 bits per heavy atom. The van der Waals surface area contributed by atoms with Crippen LogP contribution in [-0.4, -0.2) is 36.6 Å². The molecule has 0 saturated carbocycles. The van der Waals surface area contributed by atoms with Gasteiger partial charge in [-0.3, -0.25) is 14.6 Å². The highest BCUT2D eigenvalue weighted by atomic mass is 19.4. The van der Waals surface area contributed by atoms with Gasteiger partial charge >= 0.3 is 12.1 Å². The predicted octanol–water partition coefficient (Wildman–Crippen LogP) is 3.91. The fourth-order valence-corrected chi connectivity index (χ4v) is 2.44. The van der Waals surface area contributed by atoms with Crippen molar-refractivity contribution >= 4 is 30.0 Å². The molecule has 0 fully saturated rings. The molecule has 0 aliphatic heterocycles. The molecule has 28 heavy (non-hydrogen) atoms. The molecule has 0 radical (unpaired) electrons. The van der Waals surface area contributed by atoms with Gasteiger partial charge in [0.25, 0.3) is 0 Å². The van der Waals surface area contributed by atoms with E-state index in [1.54, 1.807) is 6.92 Å². The van der Waals surface area contributed by atoms with Crippen molar-refractivity contribution in [1.82, 2.24) is 4.98 Å². The van der Waals surface area contributed by atoms with Crippen LogP contribution in [0.25, 0.3) is 0 Å². The lowest BCUT2D eigenvalue weighted by Gasteiger charge is -2.16. The Kier molecular flexibility index (Phi) is 6.86. The number of rotatable bonds is 8. The summed E-state index contributed by atoms with van der Waals surface area (Å²) >= 11 is 0. The molecule has 1 heterocycles. The molecule has 1 aromatic heterocycles. The number of carbonyl (C=O) groups excluding carboxylic acids is 2. The van der Waals surface area contributed by atoms with Gasteiger partial charge in [-0.05, 0) is 44.0 Å². The maximum absolute atomic E-state index is 12.9. The molecule has 6 nitrogen and oxygen atoms in total. The fraction of sp³-hybridized carbons (Fsp3) is 0.263. The smallest absolute Gasteiger partial charge is 0.416 e. The summed E-state index contributed by atoms with van der Waals surface area (Å²) in [5.41, 5.74) is -0.722. The Hall–Kier alpha value is -3.23. The van der Waals surface area contributed by atoms with Crippen molar-refractivity contribution in [2.45, 2.75) is 13.1 Å². The van der Waals surface area contributed by atoms with Gasteiger partial charge in [0.1, 0.15) is 11.7 Å². The Balaban J connectivity index is 2.35. The van der Waals surface area contributed by atoms with Crippen LogP contribution in [-0.2, 0) is 15.7 Å². The van der Waals surface area contributed by atoms with Crippen LogP contribution in [0.1, 0.15) is 22.8 Å². The number of carbonyl (C=O) groups is 2. The number of pyridine rings is 1. The minimum Gasteiger partial charge on any atom is -0.465 e. The SMILES string of the molecule is C=NCC(C(=O)OCC)C(=O)c1cccnc1Nc1cccc(C(F)(F)F)c1. The molecule has 1 aromatic carbocycles. The molecule has 0 bridgehead atoms. The second-order valence-corrected chi connectivity index (χ2v) is 5.68. The number of hydrogen-bond donors (Lipinski definition) is 1. The van der Waals surface area contributed by atoms with Crippen molar-refractivity contribution in [2.24, 2.45) is 10.9 Å². The lowest BCUT2D eigenvalue weighted by atomic mass is 9.98. The number of alkyl halides is 3.